The molecule has 2 heterocycles. The van der Waals surface area contributed by atoms with Gasteiger partial charge in [-0.2, -0.15) is 0 Å². The number of amides is 1. The first-order valence-electron chi connectivity index (χ1n) is 7.59. The van der Waals surface area contributed by atoms with Gasteiger partial charge in [-0.3, -0.25) is 9.59 Å². The Morgan fingerprint density at radius 3 is 2.75 bits per heavy atom. The number of carboxylic acids is 1. The summed E-state index contributed by atoms with van der Waals surface area (Å²) in [5.41, 5.74) is 1.15. The van der Waals surface area contributed by atoms with Gasteiger partial charge in [0.2, 0.25) is 0 Å². The third-order valence-electron chi connectivity index (χ3n) is 4.00. The van der Waals surface area contributed by atoms with Crippen molar-refractivity contribution >= 4 is 11.9 Å². The van der Waals surface area contributed by atoms with Gasteiger partial charge in [-0.05, 0) is 25.5 Å². The molecule has 0 radical (unpaired) electrons. The summed E-state index contributed by atoms with van der Waals surface area (Å²) in [5, 5.41) is 19.6. The van der Waals surface area contributed by atoms with E-state index in [0.29, 0.717) is 13.0 Å². The second-order valence-electron chi connectivity index (χ2n) is 5.99. The first-order valence-corrected chi connectivity index (χ1v) is 7.59. The van der Waals surface area contributed by atoms with Crippen LogP contribution in [-0.2, 0) is 9.53 Å². The van der Waals surface area contributed by atoms with E-state index in [0.717, 1.165) is 11.3 Å². The van der Waals surface area contributed by atoms with Crippen molar-refractivity contribution in [2.24, 2.45) is 0 Å². The van der Waals surface area contributed by atoms with Crippen molar-refractivity contribution in [1.29, 1.82) is 0 Å². The number of nitrogens with zero attached hydrogens (tertiary/aromatic N) is 3. The van der Waals surface area contributed by atoms with E-state index >= 15 is 0 Å². The number of hydrogen-bond acceptors (Lipinski definition) is 5. The van der Waals surface area contributed by atoms with Crippen LogP contribution in [0.2, 0.25) is 0 Å². The highest BCUT2D eigenvalue weighted by molar-refractivity contribution is 5.93. The Morgan fingerprint density at radius 2 is 2.12 bits per heavy atom. The molecule has 0 bridgehead atoms. The van der Waals surface area contributed by atoms with Crippen LogP contribution in [0.3, 0.4) is 0 Å². The fraction of sp³-hybridized carbons (Fsp3) is 0.375. The Hall–Kier alpha value is -2.74. The predicted molar refractivity (Wildman–Crippen MR) is 84.0 cm³/mol. The number of aryl methyl sites for hydroxylation is 1. The molecule has 2 N–H and O–H groups in total. The summed E-state index contributed by atoms with van der Waals surface area (Å²) in [6.07, 6.45) is 1.78. The number of ether oxygens (including phenoxy) is 1. The van der Waals surface area contributed by atoms with Crippen LogP contribution in [-0.4, -0.2) is 50.7 Å². The van der Waals surface area contributed by atoms with Crippen LogP contribution in [0.15, 0.2) is 30.5 Å². The molecule has 1 aliphatic heterocycles. The third kappa shape index (κ3) is 3.43. The quantitative estimate of drug-likeness (QED) is 0.845. The van der Waals surface area contributed by atoms with Gasteiger partial charge in [-0.1, -0.05) is 22.9 Å². The van der Waals surface area contributed by atoms with Gasteiger partial charge in [0.1, 0.15) is 0 Å². The lowest BCUT2D eigenvalue weighted by Gasteiger charge is -2.26. The van der Waals surface area contributed by atoms with Crippen molar-refractivity contribution < 1.29 is 19.4 Å². The van der Waals surface area contributed by atoms with E-state index < -0.39 is 17.4 Å². The maximum absolute atomic E-state index is 12.4. The van der Waals surface area contributed by atoms with Crippen LogP contribution in [0.5, 0.6) is 0 Å². The maximum Gasteiger partial charge on any atom is 0.305 e. The number of nitrogens with one attached hydrogen (secondary N) is 1. The second-order valence-corrected chi connectivity index (χ2v) is 5.99. The molecule has 24 heavy (non-hydrogen) atoms. The maximum atomic E-state index is 12.4. The molecule has 0 saturated carbocycles. The van der Waals surface area contributed by atoms with E-state index in [1.807, 2.05) is 31.2 Å². The van der Waals surface area contributed by atoms with Crippen molar-refractivity contribution in [3.8, 4) is 5.69 Å². The Morgan fingerprint density at radius 1 is 1.38 bits per heavy atom. The molecule has 0 spiro atoms. The molecule has 1 aromatic carbocycles. The van der Waals surface area contributed by atoms with Crippen molar-refractivity contribution in [3.05, 3.63) is 41.7 Å². The van der Waals surface area contributed by atoms with Crippen LogP contribution in [0.1, 0.15) is 28.9 Å². The van der Waals surface area contributed by atoms with Gasteiger partial charge >= 0.3 is 5.97 Å². The van der Waals surface area contributed by atoms with Gasteiger partial charge in [-0.25, -0.2) is 4.68 Å². The molecular formula is C16H18N4O4. The minimum Gasteiger partial charge on any atom is -0.481 e. The summed E-state index contributed by atoms with van der Waals surface area (Å²) in [4.78, 5) is 23.5. The standard InChI is InChI=1S/C16H18N4O4/c1-11-2-4-12(5-3-11)20-9-13(18-19-20)15(23)17-16(8-14(21)22)6-7-24-10-16/h2-5,9H,6-8,10H2,1H3,(H,17,23)(H,21,22). The summed E-state index contributed by atoms with van der Waals surface area (Å²) in [7, 11) is 0. The number of hydrogen-bond donors (Lipinski definition) is 2. The Kier molecular flexibility index (Phi) is 4.30. The fourth-order valence-electron chi connectivity index (χ4n) is 2.68. The molecule has 1 aromatic heterocycles. The lowest BCUT2D eigenvalue weighted by Crippen LogP contribution is -2.50. The molecule has 1 amide bonds. The third-order valence-corrected chi connectivity index (χ3v) is 4.00. The molecule has 1 fully saturated rings. The molecule has 1 aliphatic rings. The van der Waals surface area contributed by atoms with Crippen molar-refractivity contribution in [1.82, 2.24) is 20.3 Å². The van der Waals surface area contributed by atoms with Gasteiger partial charge in [0, 0.05) is 6.61 Å². The number of carboxylic acid groups (broad SMARTS) is 1. The SMILES string of the molecule is Cc1ccc(-n2cc(C(=O)NC3(CC(=O)O)CCOC3)nn2)cc1. The zero-order valence-electron chi connectivity index (χ0n) is 13.2. The molecule has 0 aliphatic carbocycles. The highest BCUT2D eigenvalue weighted by Gasteiger charge is 2.39. The van der Waals surface area contributed by atoms with Crippen LogP contribution in [0.25, 0.3) is 5.69 Å². The molecule has 126 valence electrons. The minimum absolute atomic E-state index is 0.132. The monoisotopic (exact) mass is 330 g/mol. The summed E-state index contributed by atoms with van der Waals surface area (Å²) >= 11 is 0. The number of aromatic nitrogens is 3. The minimum atomic E-state index is -0.982. The van der Waals surface area contributed by atoms with E-state index in [9.17, 15) is 9.59 Å². The lowest BCUT2D eigenvalue weighted by molar-refractivity contribution is -0.138. The number of benzene rings is 1. The zero-order valence-corrected chi connectivity index (χ0v) is 13.2. The first kappa shape index (κ1) is 16.1. The Labute approximate surface area is 138 Å². The van der Waals surface area contributed by atoms with Crippen LogP contribution >= 0.6 is 0 Å². The first-order chi connectivity index (χ1) is 11.5. The topological polar surface area (TPSA) is 106 Å². The number of carbonyl (C=O) groups excluding carboxylic acids is 1. The number of carbonyl (C=O) groups is 2. The van der Waals surface area contributed by atoms with Crippen LogP contribution in [0, 0.1) is 6.92 Å². The summed E-state index contributed by atoms with van der Waals surface area (Å²) in [6.45, 7) is 2.58. The number of rotatable bonds is 5. The Bertz CT molecular complexity index is 748. The summed E-state index contributed by atoms with van der Waals surface area (Å²) < 4.78 is 6.77. The Balaban J connectivity index is 1.75. The smallest absolute Gasteiger partial charge is 0.305 e. The highest BCUT2D eigenvalue weighted by Crippen LogP contribution is 2.23. The molecule has 1 unspecified atom stereocenters. The predicted octanol–water partition coefficient (Wildman–Crippen LogP) is 0.939. The van der Waals surface area contributed by atoms with Gasteiger partial charge in [0.05, 0.1) is 30.5 Å². The molecule has 8 heteroatoms. The van der Waals surface area contributed by atoms with E-state index in [4.69, 9.17) is 9.84 Å². The van der Waals surface area contributed by atoms with E-state index in [2.05, 4.69) is 15.6 Å². The van der Waals surface area contributed by atoms with E-state index in [1.165, 1.54) is 10.9 Å². The summed E-state index contributed by atoms with van der Waals surface area (Å²) in [6, 6.07) is 7.63. The number of aliphatic carboxylic acids is 1. The van der Waals surface area contributed by atoms with E-state index in [-0.39, 0.29) is 18.7 Å². The molecule has 1 atom stereocenters. The van der Waals surface area contributed by atoms with Gasteiger partial charge in [0.25, 0.3) is 5.91 Å². The fourth-order valence-corrected chi connectivity index (χ4v) is 2.68. The molecule has 3 rings (SSSR count). The molecule has 1 saturated heterocycles. The van der Waals surface area contributed by atoms with Crippen LogP contribution < -0.4 is 5.32 Å². The molecule has 8 nitrogen and oxygen atoms in total. The van der Waals surface area contributed by atoms with Gasteiger partial charge in [0.15, 0.2) is 5.69 Å². The average molecular weight is 330 g/mol. The molecular weight excluding hydrogens is 312 g/mol. The average Bonchev–Trinajstić information content (AvgIpc) is 3.17. The van der Waals surface area contributed by atoms with Gasteiger partial charge < -0.3 is 15.2 Å². The highest BCUT2D eigenvalue weighted by atomic mass is 16.5. The van der Waals surface area contributed by atoms with Crippen molar-refractivity contribution in [2.75, 3.05) is 13.2 Å². The van der Waals surface area contributed by atoms with Crippen LogP contribution in [0.4, 0.5) is 0 Å². The normalized spacial score (nSPS) is 20.0. The van der Waals surface area contributed by atoms with E-state index in [1.54, 1.807) is 0 Å². The van der Waals surface area contributed by atoms with Gasteiger partial charge in [-0.15, -0.1) is 5.10 Å². The van der Waals surface area contributed by atoms with Crippen molar-refractivity contribution in [3.63, 3.8) is 0 Å². The molecule has 2 aromatic rings. The zero-order chi connectivity index (χ0) is 17.2. The second kappa shape index (κ2) is 6.40. The van der Waals surface area contributed by atoms with Crippen molar-refractivity contribution in [2.45, 2.75) is 25.3 Å². The lowest BCUT2D eigenvalue weighted by atomic mass is 9.94. The largest absolute Gasteiger partial charge is 0.481 e. The summed E-state index contributed by atoms with van der Waals surface area (Å²) in [5.74, 6) is -1.44.